The lowest BCUT2D eigenvalue weighted by Crippen LogP contribution is -2.59. The fourth-order valence-electron chi connectivity index (χ4n) is 3.03. The highest BCUT2D eigenvalue weighted by atomic mass is 32.2. The van der Waals surface area contributed by atoms with Gasteiger partial charge in [-0.3, -0.25) is 19.2 Å². The van der Waals surface area contributed by atoms with Crippen LogP contribution in [0.5, 0.6) is 0 Å². The first kappa shape index (κ1) is 29.3. The summed E-state index contributed by atoms with van der Waals surface area (Å²) in [7, 11) is 2.73. The van der Waals surface area contributed by atoms with Crippen molar-refractivity contribution in [3.05, 3.63) is 0 Å². The van der Waals surface area contributed by atoms with Crippen molar-refractivity contribution in [2.45, 2.75) is 58.0 Å². The highest BCUT2D eigenvalue weighted by molar-refractivity contribution is 8.13. The number of hydrogen-bond acceptors (Lipinski definition) is 10. The van der Waals surface area contributed by atoms with Crippen molar-refractivity contribution in [2.75, 3.05) is 46.2 Å². The number of ether oxygens (including phenoxy) is 4. The van der Waals surface area contributed by atoms with Crippen LogP contribution in [0.2, 0.25) is 0 Å². The van der Waals surface area contributed by atoms with Crippen molar-refractivity contribution >= 4 is 34.7 Å². The third-order valence-corrected chi connectivity index (χ3v) is 5.94. The Balaban J connectivity index is 2.35. The molecule has 4 N–H and O–H groups in total. The summed E-state index contributed by atoms with van der Waals surface area (Å²) < 4.78 is 21.6. The van der Waals surface area contributed by atoms with Gasteiger partial charge in [0.05, 0.1) is 20.1 Å². The smallest absolute Gasteiger partial charge is 0.305 e. The summed E-state index contributed by atoms with van der Waals surface area (Å²) in [5.41, 5.74) is 4.98. The lowest BCUT2D eigenvalue weighted by Gasteiger charge is -2.46. The average Bonchev–Trinajstić information content (AvgIpc) is 2.79. The first-order chi connectivity index (χ1) is 15.6. The van der Waals surface area contributed by atoms with Gasteiger partial charge in [0.15, 0.2) is 5.12 Å². The van der Waals surface area contributed by atoms with E-state index in [4.69, 9.17) is 19.9 Å². The van der Waals surface area contributed by atoms with Crippen LogP contribution in [0.25, 0.3) is 0 Å². The van der Waals surface area contributed by atoms with Gasteiger partial charge in [-0.05, 0) is 13.0 Å². The number of rotatable bonds is 14. The Morgan fingerprint density at radius 1 is 1.09 bits per heavy atom. The zero-order chi connectivity index (χ0) is 24.9. The standard InChI is InChI=1S/C21H37N3O8S/c1-20(2)14-31-21(30-4,9-5-10-22)32-18(20)19(28)24-11-8-15(25)23-12-13-33-17(27)7-6-16(26)29-3/h18H,5-14,22H2,1-4H3,(H,23,25)(H,24,28)/t18-,21?/m0/s1. The molecule has 2 atom stereocenters. The van der Waals surface area contributed by atoms with Gasteiger partial charge in [0.2, 0.25) is 11.8 Å². The second-order valence-corrected chi connectivity index (χ2v) is 9.39. The molecule has 0 saturated carbocycles. The Kier molecular flexibility index (Phi) is 12.9. The zero-order valence-corrected chi connectivity index (χ0v) is 20.7. The minimum Gasteiger partial charge on any atom is -0.469 e. The van der Waals surface area contributed by atoms with E-state index in [1.165, 1.54) is 14.2 Å². The molecule has 0 aromatic carbocycles. The number of amides is 2. The summed E-state index contributed by atoms with van der Waals surface area (Å²) in [5.74, 6) is -1.96. The SMILES string of the molecule is COC(=O)CCC(=O)SCCNC(=O)CCNC(=O)[C@@H]1OC(CCCN)(OC)OCC1(C)C. The minimum absolute atomic E-state index is 0.0422. The predicted molar refractivity (Wildman–Crippen MR) is 122 cm³/mol. The van der Waals surface area contributed by atoms with Gasteiger partial charge >= 0.3 is 5.97 Å². The van der Waals surface area contributed by atoms with Crippen LogP contribution in [0, 0.1) is 5.41 Å². The summed E-state index contributed by atoms with van der Waals surface area (Å²) in [4.78, 5) is 47.4. The van der Waals surface area contributed by atoms with Gasteiger partial charge in [0.25, 0.3) is 5.97 Å². The van der Waals surface area contributed by atoms with Crippen molar-refractivity contribution in [1.29, 1.82) is 0 Å². The van der Waals surface area contributed by atoms with E-state index in [0.717, 1.165) is 11.8 Å². The zero-order valence-electron chi connectivity index (χ0n) is 19.9. The van der Waals surface area contributed by atoms with E-state index in [1.807, 2.05) is 13.8 Å². The van der Waals surface area contributed by atoms with Gasteiger partial charge in [-0.25, -0.2) is 0 Å². The van der Waals surface area contributed by atoms with Gasteiger partial charge in [-0.1, -0.05) is 25.6 Å². The van der Waals surface area contributed by atoms with Crippen LogP contribution >= 0.6 is 11.8 Å². The molecule has 0 aromatic rings. The van der Waals surface area contributed by atoms with Gasteiger partial charge < -0.3 is 35.3 Å². The van der Waals surface area contributed by atoms with E-state index in [2.05, 4.69) is 15.4 Å². The van der Waals surface area contributed by atoms with Crippen LogP contribution in [0.1, 0.15) is 46.0 Å². The number of methoxy groups -OCH3 is 2. The quantitative estimate of drug-likeness (QED) is 0.228. The average molecular weight is 492 g/mol. The third-order valence-electron chi connectivity index (χ3n) is 5.01. The fraction of sp³-hybridized carbons (Fsp3) is 0.810. The van der Waals surface area contributed by atoms with Crippen LogP contribution in [-0.2, 0) is 38.1 Å². The van der Waals surface area contributed by atoms with Crippen molar-refractivity contribution in [3.63, 3.8) is 0 Å². The lowest BCUT2D eigenvalue weighted by atomic mass is 9.85. The Bertz CT molecular complexity index is 676. The van der Waals surface area contributed by atoms with Crippen molar-refractivity contribution in [1.82, 2.24) is 10.6 Å². The van der Waals surface area contributed by atoms with E-state index < -0.39 is 23.5 Å². The number of nitrogens with one attached hydrogen (secondary N) is 2. The molecule has 1 heterocycles. The molecule has 1 unspecified atom stereocenters. The Morgan fingerprint density at radius 2 is 1.82 bits per heavy atom. The largest absolute Gasteiger partial charge is 0.469 e. The summed E-state index contributed by atoms with van der Waals surface area (Å²) >= 11 is 1.05. The molecule has 0 aromatic heterocycles. The maximum atomic E-state index is 12.8. The third kappa shape index (κ3) is 10.4. The molecular weight excluding hydrogens is 454 g/mol. The fourth-order valence-corrected chi connectivity index (χ4v) is 3.70. The molecule has 0 radical (unpaired) electrons. The number of thioether (sulfide) groups is 1. The Hall–Kier alpha value is -1.73. The molecule has 1 aliphatic rings. The van der Waals surface area contributed by atoms with E-state index in [9.17, 15) is 19.2 Å². The molecule has 33 heavy (non-hydrogen) atoms. The molecular formula is C21H37N3O8S. The van der Waals surface area contributed by atoms with E-state index >= 15 is 0 Å². The number of hydrogen-bond donors (Lipinski definition) is 3. The second-order valence-electron chi connectivity index (χ2n) is 8.24. The van der Waals surface area contributed by atoms with Gasteiger partial charge in [-0.15, -0.1) is 0 Å². The van der Waals surface area contributed by atoms with Crippen LogP contribution in [-0.4, -0.2) is 81.2 Å². The number of esters is 1. The first-order valence-corrected chi connectivity index (χ1v) is 11.9. The summed E-state index contributed by atoms with van der Waals surface area (Å²) in [6, 6.07) is 0. The van der Waals surface area contributed by atoms with Crippen molar-refractivity contribution in [3.8, 4) is 0 Å². The van der Waals surface area contributed by atoms with Gasteiger partial charge in [0.1, 0.15) is 6.10 Å². The number of carbonyl (C=O) groups is 4. The van der Waals surface area contributed by atoms with Crippen molar-refractivity contribution < 1.29 is 38.1 Å². The summed E-state index contributed by atoms with van der Waals surface area (Å²) in [6.07, 6.45) is 0.404. The maximum absolute atomic E-state index is 12.8. The second kappa shape index (κ2) is 14.5. The van der Waals surface area contributed by atoms with Crippen molar-refractivity contribution in [2.24, 2.45) is 11.1 Å². The van der Waals surface area contributed by atoms with Crippen LogP contribution in [0.3, 0.4) is 0 Å². The predicted octanol–water partition coefficient (Wildman–Crippen LogP) is 0.303. The maximum Gasteiger partial charge on any atom is 0.305 e. The topological polar surface area (TPSA) is 155 Å². The molecule has 0 bridgehead atoms. The molecule has 2 amide bonds. The molecule has 1 rings (SSSR count). The summed E-state index contributed by atoms with van der Waals surface area (Å²) in [5, 5.41) is 5.29. The summed E-state index contributed by atoms with van der Waals surface area (Å²) in [6.45, 7) is 4.85. The molecule has 12 heteroatoms. The van der Waals surface area contributed by atoms with E-state index in [-0.39, 0.29) is 49.3 Å². The molecule has 1 saturated heterocycles. The minimum atomic E-state index is -1.32. The monoisotopic (exact) mass is 491 g/mol. The Labute approximate surface area is 199 Å². The number of carbonyl (C=O) groups excluding carboxylic acids is 4. The highest BCUT2D eigenvalue weighted by Gasteiger charge is 2.50. The van der Waals surface area contributed by atoms with E-state index in [1.54, 1.807) is 0 Å². The molecule has 1 fully saturated rings. The molecule has 11 nitrogen and oxygen atoms in total. The molecule has 1 aliphatic heterocycles. The van der Waals surface area contributed by atoms with Crippen LogP contribution < -0.4 is 16.4 Å². The molecule has 0 spiro atoms. The molecule has 190 valence electrons. The van der Waals surface area contributed by atoms with Gasteiger partial charge in [0, 0.05) is 50.6 Å². The normalized spacial score (nSPS) is 21.8. The van der Waals surface area contributed by atoms with Crippen LogP contribution in [0.15, 0.2) is 0 Å². The van der Waals surface area contributed by atoms with Gasteiger partial charge in [-0.2, -0.15) is 0 Å². The van der Waals surface area contributed by atoms with Crippen LogP contribution in [0.4, 0.5) is 0 Å². The number of nitrogens with two attached hydrogens (primary N) is 1. The lowest BCUT2D eigenvalue weighted by molar-refractivity contribution is -0.425. The molecule has 0 aliphatic carbocycles. The first-order valence-electron chi connectivity index (χ1n) is 10.9. The van der Waals surface area contributed by atoms with E-state index in [0.29, 0.717) is 31.7 Å². The highest BCUT2D eigenvalue weighted by Crippen LogP contribution is 2.37. The Morgan fingerprint density at radius 3 is 2.45 bits per heavy atom.